The molecular weight excluding hydrogens is 1490 g/mol. The maximum atomic E-state index is 12.6. The van der Waals surface area contributed by atoms with Crippen LogP contribution < -0.4 is 0 Å². The molecule has 1 aromatic heterocycles. The van der Waals surface area contributed by atoms with Gasteiger partial charge < -0.3 is 39.0 Å². The van der Waals surface area contributed by atoms with Gasteiger partial charge in [-0.15, -0.1) is 0 Å². The third kappa shape index (κ3) is 22.0. The maximum Gasteiger partial charge on any atom is 0.508 e. The van der Waals surface area contributed by atoms with Crippen LogP contribution in [0.4, 0.5) is 27.2 Å². The van der Waals surface area contributed by atoms with Gasteiger partial charge in [0.05, 0.1) is 46.2 Å². The quantitative estimate of drug-likeness (QED) is 0.0195. The Balaban J connectivity index is 0.000000154. The number of carbonyl (C=O) groups is 4. The van der Waals surface area contributed by atoms with Gasteiger partial charge in [-0.05, 0) is 174 Å². The van der Waals surface area contributed by atoms with Crippen molar-refractivity contribution in [1.29, 1.82) is 0 Å². The molecule has 15 rings (SSSR count). The molecular formula is C73H82F4I2N2O12S2+2. The Labute approximate surface area is 582 Å². The van der Waals surface area contributed by atoms with Crippen LogP contribution in [0.5, 0.6) is 0 Å². The van der Waals surface area contributed by atoms with E-state index in [-0.39, 0.29) is 58.5 Å². The smallest absolute Gasteiger partial charge is 0.459 e. The number of alkyl halides is 4. The zero-order valence-electron chi connectivity index (χ0n) is 53.1. The summed E-state index contributed by atoms with van der Waals surface area (Å²) in [6.07, 6.45) is 14.8. The second kappa shape index (κ2) is 35.0. The van der Waals surface area contributed by atoms with E-state index in [2.05, 4.69) is 234 Å². The summed E-state index contributed by atoms with van der Waals surface area (Å²) >= 11 is 4.24. The summed E-state index contributed by atoms with van der Waals surface area (Å²) in [6, 6.07) is 64.3. The third-order valence-corrected chi connectivity index (χ3v) is 21.9. The average Bonchev–Trinajstić information content (AvgIpc) is 0.924. The van der Waals surface area contributed by atoms with Crippen molar-refractivity contribution in [3.63, 3.8) is 0 Å². The number of aliphatic hydroxyl groups excluding tert-OH is 1. The van der Waals surface area contributed by atoms with E-state index in [4.69, 9.17) is 19.3 Å². The van der Waals surface area contributed by atoms with Crippen molar-refractivity contribution in [2.75, 3.05) is 39.6 Å². The molecule has 0 spiro atoms. The molecule has 95 heavy (non-hydrogen) atoms. The molecule has 4 unspecified atom stereocenters. The topological polar surface area (TPSA) is 193 Å². The van der Waals surface area contributed by atoms with Gasteiger partial charge in [-0.2, -0.15) is 17.6 Å². The van der Waals surface area contributed by atoms with Gasteiger partial charge in [0, 0.05) is 74.3 Å². The predicted molar refractivity (Wildman–Crippen MR) is 372 cm³/mol. The van der Waals surface area contributed by atoms with E-state index in [0.29, 0.717) is 50.5 Å². The van der Waals surface area contributed by atoms with Crippen LogP contribution in [0.15, 0.2) is 230 Å². The number of ether oxygens (including phenoxy) is 5. The standard InChI is InChI=1S/2C18H15S.C17H24F2O6.C15H20N2O3.C5H8F2O3.I2/c2*1-4-10-16(11-5-1)19(17-12-6-2-7-13-17)18-14-8-3-9-15-18;1-15(18,19)13(20)23-2-3-24-14(21)25-10-16-5-11-4-12(6-16)8-17(22,7-11)9-16;18-13(17-2-1-16-10-17)20-9-14-4-11-3-12(5-14)7-15(19,6-11)8-14;1-5(6,7)4(9)10-3-2-8;1-2/h2*1-15H;11-12,22H,2-10H2,1H3;1-2,10-12,19H,3-9H2;8H,2-3H2,1H3;/q2*+1;;;;. The van der Waals surface area contributed by atoms with E-state index >= 15 is 0 Å². The number of rotatable bonds is 17. The van der Waals surface area contributed by atoms with Crippen LogP contribution in [-0.2, 0) is 55.1 Å². The van der Waals surface area contributed by atoms with Gasteiger partial charge in [0.2, 0.25) is 0 Å². The van der Waals surface area contributed by atoms with E-state index in [1.54, 1.807) is 12.4 Å². The van der Waals surface area contributed by atoms with Crippen LogP contribution in [0.25, 0.3) is 0 Å². The van der Waals surface area contributed by atoms with Crippen LogP contribution in [0.1, 0.15) is 90.9 Å². The van der Waals surface area contributed by atoms with Gasteiger partial charge in [-0.1, -0.05) is 109 Å². The highest BCUT2D eigenvalue weighted by molar-refractivity contribution is 15.0. The zero-order valence-corrected chi connectivity index (χ0v) is 59.0. The Morgan fingerprint density at radius 2 is 0.789 bits per heavy atom. The van der Waals surface area contributed by atoms with Gasteiger partial charge in [0.15, 0.2) is 29.4 Å². The molecule has 0 saturated heterocycles. The number of aromatic nitrogens is 2. The number of halogens is 6. The van der Waals surface area contributed by atoms with Crippen molar-refractivity contribution in [1.82, 2.24) is 9.55 Å². The summed E-state index contributed by atoms with van der Waals surface area (Å²) in [5.41, 5.74) is -1.30. The average molecular weight is 1570 g/mol. The van der Waals surface area contributed by atoms with E-state index in [1.165, 1.54) is 46.7 Å². The minimum absolute atomic E-state index is 0.00900. The van der Waals surface area contributed by atoms with Crippen molar-refractivity contribution in [2.45, 2.75) is 143 Å². The molecule has 0 radical (unpaired) electrons. The first-order valence-corrected chi connectivity index (χ1v) is 40.3. The number of imidazole rings is 1. The summed E-state index contributed by atoms with van der Waals surface area (Å²) in [7, 11) is -0.0293. The first-order valence-electron chi connectivity index (χ1n) is 31.6. The van der Waals surface area contributed by atoms with Gasteiger partial charge in [0.1, 0.15) is 32.8 Å². The number of hydrogen-bond donors (Lipinski definition) is 3. The fraction of sp³-hybridized carbons (Fsp3) is 0.411. The number of nitrogens with zero attached hydrogens (tertiary/aromatic N) is 2. The van der Waals surface area contributed by atoms with Crippen molar-refractivity contribution >= 4 is 83.2 Å². The second-order valence-electron chi connectivity index (χ2n) is 25.5. The zero-order chi connectivity index (χ0) is 68.1. The lowest BCUT2D eigenvalue weighted by Crippen LogP contribution is -2.57. The molecule has 3 N–H and O–H groups in total. The van der Waals surface area contributed by atoms with Gasteiger partial charge in [0.25, 0.3) is 0 Å². The molecule has 8 aliphatic carbocycles. The highest BCUT2D eigenvalue weighted by Gasteiger charge is 2.59. The van der Waals surface area contributed by atoms with E-state index < -0.39 is 54.4 Å². The normalized spacial score (nSPS) is 23.8. The van der Waals surface area contributed by atoms with Crippen LogP contribution >= 0.6 is 37.2 Å². The molecule has 1 heterocycles. The first kappa shape index (κ1) is 74.8. The molecule has 8 saturated carbocycles. The minimum Gasteiger partial charge on any atom is -0.459 e. The Morgan fingerprint density at radius 1 is 0.484 bits per heavy atom. The van der Waals surface area contributed by atoms with E-state index in [1.807, 2.05) is 0 Å². The fourth-order valence-corrected chi connectivity index (χ4v) is 19.1. The number of benzene rings is 6. The van der Waals surface area contributed by atoms with Crippen LogP contribution in [-0.4, -0.2) is 112 Å². The molecule has 7 aromatic rings. The van der Waals surface area contributed by atoms with E-state index in [9.17, 15) is 47.0 Å². The Hall–Kier alpha value is -6.03. The lowest BCUT2D eigenvalue weighted by atomic mass is 9.48. The van der Waals surface area contributed by atoms with Gasteiger partial charge in [-0.25, -0.2) is 28.7 Å². The van der Waals surface area contributed by atoms with Crippen molar-refractivity contribution < 1.29 is 75.7 Å². The van der Waals surface area contributed by atoms with Gasteiger partial charge in [-0.3, -0.25) is 0 Å². The summed E-state index contributed by atoms with van der Waals surface area (Å²) in [6.45, 7) is -0.136. The SMILES string of the molecule is CC(F)(F)C(=O)OCCO.CC(F)(F)C(=O)OCCOC(=O)OCC12CC3CC(CC(O)(C3)C1)C2.II.O=C(OCC12CC3CC(CC(O)(C3)C1)C2)n1ccnc1.c1ccc([S+](c2ccccc2)c2ccccc2)cc1.c1ccc([S+](c2ccccc2)c2ccccc2)cc1. The highest BCUT2D eigenvalue weighted by atomic mass is 128. The number of esters is 2. The van der Waals surface area contributed by atoms with Crippen LogP contribution in [0.2, 0.25) is 0 Å². The molecule has 508 valence electrons. The summed E-state index contributed by atoms with van der Waals surface area (Å²) < 4.78 is 73.9. The molecule has 6 aromatic carbocycles. The molecule has 0 amide bonds. The molecule has 8 aliphatic rings. The lowest BCUT2D eigenvalue weighted by Gasteiger charge is -2.59. The molecule has 8 bridgehead atoms. The first-order chi connectivity index (χ1) is 45.5. The fourth-order valence-electron chi connectivity index (χ4n) is 14.9. The highest BCUT2D eigenvalue weighted by Crippen LogP contribution is 2.63. The van der Waals surface area contributed by atoms with E-state index in [0.717, 1.165) is 64.2 Å². The monoisotopic (exact) mass is 1570 g/mol. The maximum absolute atomic E-state index is 12.6. The summed E-state index contributed by atoms with van der Waals surface area (Å²) in [5, 5.41) is 29.4. The minimum atomic E-state index is -3.57. The summed E-state index contributed by atoms with van der Waals surface area (Å²) in [4.78, 5) is 56.6. The Morgan fingerprint density at radius 3 is 1.07 bits per heavy atom. The second-order valence-corrected chi connectivity index (χ2v) is 29.6. The number of carbonyl (C=O) groups excluding carboxylic acids is 4. The largest absolute Gasteiger partial charge is 0.508 e. The molecule has 22 heteroatoms. The number of hydrogen-bond acceptors (Lipinski definition) is 13. The van der Waals surface area contributed by atoms with Crippen LogP contribution in [0, 0.1) is 34.5 Å². The molecule has 8 fully saturated rings. The Kier molecular flexibility index (Phi) is 27.5. The summed E-state index contributed by atoms with van der Waals surface area (Å²) in [5.74, 6) is -8.09. The Bertz CT molecular complexity index is 3140. The predicted octanol–water partition coefficient (Wildman–Crippen LogP) is 16.4. The van der Waals surface area contributed by atoms with Crippen molar-refractivity contribution in [3.05, 3.63) is 201 Å². The van der Waals surface area contributed by atoms with Gasteiger partial charge >= 0.3 is 36.0 Å². The number of aliphatic hydroxyl groups is 3. The van der Waals surface area contributed by atoms with Crippen molar-refractivity contribution in [2.24, 2.45) is 34.5 Å². The van der Waals surface area contributed by atoms with Crippen molar-refractivity contribution in [3.8, 4) is 0 Å². The molecule has 14 nitrogen and oxygen atoms in total. The lowest BCUT2D eigenvalue weighted by molar-refractivity contribution is -0.177. The third-order valence-electron chi connectivity index (χ3n) is 17.5. The molecule has 0 aliphatic heterocycles. The molecule has 4 atom stereocenters. The van der Waals surface area contributed by atoms with Crippen LogP contribution in [0.3, 0.4) is 0 Å².